The second-order valence-electron chi connectivity index (χ2n) is 6.00. The topological polar surface area (TPSA) is 44.9 Å². The number of likely N-dealkylation sites (tertiary alicyclic amines) is 1. The number of aliphatic imine (C=N–C) groups is 1. The van der Waals surface area contributed by atoms with E-state index in [-0.39, 0.29) is 11.4 Å². The van der Waals surface area contributed by atoms with Crippen molar-refractivity contribution < 1.29 is 4.39 Å². The average Bonchev–Trinajstić information content (AvgIpc) is 2.67. The normalized spacial score (nSPS) is 27.0. The molecular weight excluding hydrogens is 267 g/mol. The molecule has 0 radical (unpaired) electrons. The van der Waals surface area contributed by atoms with Crippen molar-refractivity contribution in [2.45, 2.75) is 31.7 Å². The largest absolute Gasteiger partial charge is 0.369 e. The van der Waals surface area contributed by atoms with Crippen molar-refractivity contribution in [3.8, 4) is 0 Å². The number of anilines is 1. The number of hydrogen-bond acceptors (Lipinski definition) is 4. The fraction of sp³-hybridized carbons (Fsp3) is 0.562. The number of nitrogens with zero attached hydrogens (tertiary/aromatic N) is 3. The summed E-state index contributed by atoms with van der Waals surface area (Å²) >= 11 is 0. The molecule has 1 aromatic carbocycles. The number of nitrogens with two attached hydrogens (primary N) is 1. The van der Waals surface area contributed by atoms with Crippen molar-refractivity contribution in [2.24, 2.45) is 10.7 Å². The molecule has 3 rings (SSSR count). The van der Waals surface area contributed by atoms with E-state index in [0.29, 0.717) is 12.5 Å². The summed E-state index contributed by atoms with van der Waals surface area (Å²) in [5.74, 6) is 0.289. The average molecular weight is 290 g/mol. The lowest BCUT2D eigenvalue weighted by molar-refractivity contribution is 0.292. The molecular formula is C16H23FN4. The summed E-state index contributed by atoms with van der Waals surface area (Å²) < 4.78 is 13.6. The predicted octanol–water partition coefficient (Wildman–Crippen LogP) is 2.21. The highest BCUT2D eigenvalue weighted by Crippen LogP contribution is 2.36. The fourth-order valence-corrected chi connectivity index (χ4v) is 3.57. The number of halogens is 1. The van der Waals surface area contributed by atoms with Crippen LogP contribution < -0.4 is 10.6 Å². The zero-order valence-corrected chi connectivity index (χ0v) is 12.6. The van der Waals surface area contributed by atoms with Gasteiger partial charge in [0.05, 0.1) is 12.1 Å². The van der Waals surface area contributed by atoms with Gasteiger partial charge in [-0.15, -0.1) is 0 Å². The van der Waals surface area contributed by atoms with Crippen molar-refractivity contribution in [1.82, 2.24) is 4.90 Å². The van der Waals surface area contributed by atoms with Crippen LogP contribution in [0.2, 0.25) is 0 Å². The standard InChI is InChI=1S/C16H23FN4/c1-2-20-9-4-7-16(8-10-20)12-19-15(18)21(16)14-6-3-5-13(17)11-14/h3,5-6,11H,2,4,7-10,12H2,1H3,(H2,18,19). The van der Waals surface area contributed by atoms with Crippen LogP contribution in [-0.2, 0) is 0 Å². The lowest BCUT2D eigenvalue weighted by Gasteiger charge is -2.38. The minimum atomic E-state index is -0.230. The third kappa shape index (κ3) is 2.62. The van der Waals surface area contributed by atoms with Crippen molar-refractivity contribution >= 4 is 11.6 Å². The van der Waals surface area contributed by atoms with Crippen LogP contribution in [0.3, 0.4) is 0 Å². The number of hydrogen-bond donors (Lipinski definition) is 1. The van der Waals surface area contributed by atoms with Gasteiger partial charge in [0, 0.05) is 12.2 Å². The molecule has 0 saturated carbocycles. The Balaban J connectivity index is 1.91. The van der Waals surface area contributed by atoms with E-state index < -0.39 is 0 Å². The molecule has 1 spiro atoms. The molecule has 21 heavy (non-hydrogen) atoms. The zero-order valence-electron chi connectivity index (χ0n) is 12.6. The zero-order chi connectivity index (χ0) is 14.9. The van der Waals surface area contributed by atoms with Crippen LogP contribution in [0.5, 0.6) is 0 Å². The Morgan fingerprint density at radius 2 is 2.19 bits per heavy atom. The van der Waals surface area contributed by atoms with Gasteiger partial charge in [0.25, 0.3) is 0 Å². The second-order valence-corrected chi connectivity index (χ2v) is 6.00. The monoisotopic (exact) mass is 290 g/mol. The van der Waals surface area contributed by atoms with Crippen LogP contribution >= 0.6 is 0 Å². The predicted molar refractivity (Wildman–Crippen MR) is 84.1 cm³/mol. The first-order chi connectivity index (χ1) is 10.1. The van der Waals surface area contributed by atoms with Gasteiger partial charge in [0.15, 0.2) is 5.96 Å². The maximum Gasteiger partial charge on any atom is 0.196 e. The first kappa shape index (κ1) is 14.3. The highest BCUT2D eigenvalue weighted by atomic mass is 19.1. The first-order valence-corrected chi connectivity index (χ1v) is 7.73. The van der Waals surface area contributed by atoms with Gasteiger partial charge in [-0.3, -0.25) is 4.99 Å². The Labute approximate surface area is 125 Å². The molecule has 2 heterocycles. The van der Waals surface area contributed by atoms with E-state index in [1.54, 1.807) is 12.1 Å². The summed E-state index contributed by atoms with van der Waals surface area (Å²) in [6, 6.07) is 6.67. The van der Waals surface area contributed by atoms with Crippen molar-refractivity contribution in [3.63, 3.8) is 0 Å². The minimum Gasteiger partial charge on any atom is -0.369 e. The van der Waals surface area contributed by atoms with E-state index in [4.69, 9.17) is 5.73 Å². The Kier molecular flexibility index (Phi) is 3.85. The summed E-state index contributed by atoms with van der Waals surface area (Å²) in [7, 11) is 0. The minimum absolute atomic E-state index is 0.0816. The van der Waals surface area contributed by atoms with E-state index >= 15 is 0 Å². The number of rotatable bonds is 2. The number of benzene rings is 1. The van der Waals surface area contributed by atoms with Gasteiger partial charge in [-0.1, -0.05) is 13.0 Å². The third-order valence-corrected chi connectivity index (χ3v) is 4.76. The fourth-order valence-electron chi connectivity index (χ4n) is 3.57. The Morgan fingerprint density at radius 3 is 2.95 bits per heavy atom. The quantitative estimate of drug-likeness (QED) is 0.908. The molecule has 0 aromatic heterocycles. The van der Waals surface area contributed by atoms with E-state index in [9.17, 15) is 4.39 Å². The van der Waals surface area contributed by atoms with Crippen LogP contribution in [-0.4, -0.2) is 42.6 Å². The Morgan fingerprint density at radius 1 is 1.33 bits per heavy atom. The molecule has 4 nitrogen and oxygen atoms in total. The summed E-state index contributed by atoms with van der Waals surface area (Å²) in [5, 5.41) is 0. The Bertz CT molecular complexity index is 545. The smallest absolute Gasteiger partial charge is 0.196 e. The molecule has 5 heteroatoms. The van der Waals surface area contributed by atoms with Crippen molar-refractivity contribution in [3.05, 3.63) is 30.1 Å². The Hall–Kier alpha value is -1.62. The second kappa shape index (κ2) is 5.64. The van der Waals surface area contributed by atoms with E-state index in [1.807, 2.05) is 6.07 Å². The van der Waals surface area contributed by atoms with Gasteiger partial charge < -0.3 is 15.5 Å². The molecule has 0 aliphatic carbocycles. The SMILES string of the molecule is CCN1CCCC2(CC1)CN=C(N)N2c1cccc(F)c1. The highest BCUT2D eigenvalue weighted by molar-refractivity contribution is 5.98. The molecule has 114 valence electrons. The van der Waals surface area contributed by atoms with Gasteiger partial charge >= 0.3 is 0 Å². The first-order valence-electron chi connectivity index (χ1n) is 7.73. The summed E-state index contributed by atoms with van der Waals surface area (Å²) in [6.45, 7) is 6.15. The van der Waals surface area contributed by atoms with E-state index in [1.165, 1.54) is 6.07 Å². The van der Waals surface area contributed by atoms with Gasteiger partial charge in [0.2, 0.25) is 0 Å². The van der Waals surface area contributed by atoms with Gasteiger partial charge in [0.1, 0.15) is 5.82 Å². The molecule has 0 amide bonds. The summed E-state index contributed by atoms with van der Waals surface area (Å²) in [5.41, 5.74) is 6.86. The van der Waals surface area contributed by atoms with Crippen molar-refractivity contribution in [1.29, 1.82) is 0 Å². The third-order valence-electron chi connectivity index (χ3n) is 4.76. The summed E-state index contributed by atoms with van der Waals surface area (Å²) in [4.78, 5) is 9.00. The highest BCUT2D eigenvalue weighted by Gasteiger charge is 2.43. The summed E-state index contributed by atoms with van der Waals surface area (Å²) in [6.07, 6.45) is 3.19. The van der Waals surface area contributed by atoms with Crippen LogP contribution in [0.4, 0.5) is 10.1 Å². The lowest BCUT2D eigenvalue weighted by Crippen LogP contribution is -2.52. The molecule has 1 atom stereocenters. The molecule has 0 bridgehead atoms. The molecule has 2 aliphatic heterocycles. The van der Waals surface area contributed by atoms with E-state index in [0.717, 1.165) is 44.6 Å². The van der Waals surface area contributed by atoms with Gasteiger partial charge in [-0.05, 0) is 50.6 Å². The maximum absolute atomic E-state index is 13.6. The van der Waals surface area contributed by atoms with Crippen LogP contribution in [0, 0.1) is 5.82 Å². The van der Waals surface area contributed by atoms with Crippen molar-refractivity contribution in [2.75, 3.05) is 31.1 Å². The molecule has 1 aromatic rings. The molecule has 1 fully saturated rings. The lowest BCUT2D eigenvalue weighted by atomic mass is 9.89. The van der Waals surface area contributed by atoms with Crippen LogP contribution in [0.1, 0.15) is 26.2 Å². The van der Waals surface area contributed by atoms with Gasteiger partial charge in [-0.2, -0.15) is 0 Å². The van der Waals surface area contributed by atoms with Gasteiger partial charge in [-0.25, -0.2) is 4.39 Å². The molecule has 2 aliphatic rings. The van der Waals surface area contributed by atoms with E-state index in [2.05, 4.69) is 21.7 Å². The number of guanidine groups is 1. The molecule has 1 unspecified atom stereocenters. The molecule has 2 N–H and O–H groups in total. The molecule has 1 saturated heterocycles. The van der Waals surface area contributed by atoms with Crippen LogP contribution in [0.25, 0.3) is 0 Å². The van der Waals surface area contributed by atoms with Crippen LogP contribution in [0.15, 0.2) is 29.3 Å². The maximum atomic E-state index is 13.6.